The molecule has 0 aliphatic heterocycles. The monoisotopic (exact) mass is 282 g/mol. The molecule has 0 fully saturated rings. The quantitative estimate of drug-likeness (QED) is 0.920. The van der Waals surface area contributed by atoms with Crippen molar-refractivity contribution in [1.29, 1.82) is 0 Å². The summed E-state index contributed by atoms with van der Waals surface area (Å²) < 4.78 is 2.72. The smallest absolute Gasteiger partial charge is 0.309 e. The van der Waals surface area contributed by atoms with Crippen molar-refractivity contribution in [3.63, 3.8) is 0 Å². The van der Waals surface area contributed by atoms with E-state index < -0.39 is 5.97 Å². The zero-order valence-electron chi connectivity index (χ0n) is 8.99. The van der Waals surface area contributed by atoms with E-state index in [-0.39, 0.29) is 6.42 Å². The molecule has 0 aliphatic carbocycles. The van der Waals surface area contributed by atoms with E-state index in [9.17, 15) is 4.79 Å². The van der Waals surface area contributed by atoms with Gasteiger partial charge in [-0.1, -0.05) is 0 Å². The largest absolute Gasteiger partial charge is 0.481 e. The van der Waals surface area contributed by atoms with Gasteiger partial charge in [0.15, 0.2) is 5.65 Å². The Labute approximate surface area is 101 Å². The first-order valence-electron chi connectivity index (χ1n) is 4.84. The van der Waals surface area contributed by atoms with Gasteiger partial charge in [-0.15, -0.1) is 0 Å². The third-order valence-electron chi connectivity index (χ3n) is 2.43. The third kappa shape index (κ3) is 1.82. The second-order valence-corrected chi connectivity index (χ2v) is 4.63. The first-order valence-corrected chi connectivity index (χ1v) is 5.64. The Balaban J connectivity index is 2.73. The molecule has 0 atom stereocenters. The number of rotatable bonds is 2. The molecule has 2 aromatic heterocycles. The van der Waals surface area contributed by atoms with Gasteiger partial charge in [0.2, 0.25) is 0 Å². The fourth-order valence-corrected chi connectivity index (χ4v) is 2.39. The number of carbonyl (C=O) groups is 1. The van der Waals surface area contributed by atoms with Gasteiger partial charge >= 0.3 is 5.97 Å². The highest BCUT2D eigenvalue weighted by molar-refractivity contribution is 9.10. The minimum Gasteiger partial charge on any atom is -0.481 e. The number of hydrogen-bond donors (Lipinski definition) is 1. The van der Waals surface area contributed by atoms with Crippen molar-refractivity contribution < 1.29 is 9.90 Å². The van der Waals surface area contributed by atoms with Crippen LogP contribution in [0.2, 0.25) is 0 Å². The maximum Gasteiger partial charge on any atom is 0.309 e. The lowest BCUT2D eigenvalue weighted by atomic mass is 10.2. The summed E-state index contributed by atoms with van der Waals surface area (Å²) in [4.78, 5) is 15.1. The van der Waals surface area contributed by atoms with Crippen molar-refractivity contribution in [3.05, 3.63) is 33.7 Å². The average molecular weight is 283 g/mol. The predicted molar refractivity (Wildman–Crippen MR) is 63.7 cm³/mol. The molecule has 2 rings (SSSR count). The number of aryl methyl sites for hydroxylation is 2. The number of hydrogen-bond acceptors (Lipinski definition) is 2. The number of halogens is 1. The molecular weight excluding hydrogens is 272 g/mol. The highest BCUT2D eigenvalue weighted by atomic mass is 79.9. The lowest BCUT2D eigenvalue weighted by Crippen LogP contribution is -2.05. The highest BCUT2D eigenvalue weighted by Crippen LogP contribution is 2.22. The fourth-order valence-electron chi connectivity index (χ4n) is 1.75. The molecule has 0 aromatic carbocycles. The lowest BCUT2D eigenvalue weighted by molar-refractivity contribution is -0.136. The van der Waals surface area contributed by atoms with Gasteiger partial charge < -0.3 is 9.51 Å². The van der Waals surface area contributed by atoms with Gasteiger partial charge in [-0.25, -0.2) is 4.98 Å². The molecule has 1 N–H and O–H groups in total. The summed E-state index contributed by atoms with van der Waals surface area (Å²) in [6.07, 6.45) is 1.89. The molecule has 4 nitrogen and oxygen atoms in total. The van der Waals surface area contributed by atoms with E-state index in [1.54, 1.807) is 0 Å². The number of carboxylic acid groups (broad SMARTS) is 1. The van der Waals surface area contributed by atoms with Gasteiger partial charge in [0, 0.05) is 6.20 Å². The Hall–Kier alpha value is -1.36. The number of fused-ring (bicyclic) bond motifs is 1. The first-order chi connectivity index (χ1) is 7.49. The average Bonchev–Trinajstić information content (AvgIpc) is 2.45. The molecule has 16 heavy (non-hydrogen) atoms. The maximum atomic E-state index is 10.8. The van der Waals surface area contributed by atoms with Crippen LogP contribution >= 0.6 is 15.9 Å². The molecule has 0 bridgehead atoms. The number of imidazole rings is 1. The fraction of sp³-hybridized carbons (Fsp3) is 0.273. The van der Waals surface area contributed by atoms with E-state index in [0.717, 1.165) is 27.1 Å². The molecule has 84 valence electrons. The van der Waals surface area contributed by atoms with E-state index in [2.05, 4.69) is 20.9 Å². The van der Waals surface area contributed by atoms with Crippen LogP contribution in [-0.2, 0) is 11.2 Å². The number of aliphatic carboxylic acids is 1. The van der Waals surface area contributed by atoms with Crippen molar-refractivity contribution in [2.75, 3.05) is 0 Å². The Morgan fingerprint density at radius 2 is 2.25 bits per heavy atom. The van der Waals surface area contributed by atoms with E-state index in [4.69, 9.17) is 5.11 Å². The van der Waals surface area contributed by atoms with Crippen molar-refractivity contribution in [2.24, 2.45) is 0 Å². The number of carboxylic acids is 1. The van der Waals surface area contributed by atoms with Crippen molar-refractivity contribution >= 4 is 27.5 Å². The SMILES string of the molecule is Cc1cc(Br)c2nc(C)c(CC(=O)O)n2c1. The molecular formula is C11H11BrN2O2. The Morgan fingerprint density at radius 1 is 1.56 bits per heavy atom. The van der Waals surface area contributed by atoms with Gasteiger partial charge in [0.05, 0.1) is 22.3 Å². The second-order valence-electron chi connectivity index (χ2n) is 3.77. The van der Waals surface area contributed by atoms with E-state index in [0.29, 0.717) is 0 Å². The van der Waals surface area contributed by atoms with Crippen LogP contribution in [0.25, 0.3) is 5.65 Å². The topological polar surface area (TPSA) is 54.6 Å². The molecule has 0 aliphatic rings. The number of nitrogens with zero attached hydrogens (tertiary/aromatic N) is 2. The zero-order valence-corrected chi connectivity index (χ0v) is 10.6. The van der Waals surface area contributed by atoms with Gasteiger partial charge in [0.1, 0.15) is 0 Å². The van der Waals surface area contributed by atoms with Crippen LogP contribution in [-0.4, -0.2) is 20.5 Å². The molecule has 0 saturated carbocycles. The molecule has 0 amide bonds. The van der Waals surface area contributed by atoms with Crippen LogP contribution in [0, 0.1) is 13.8 Å². The molecule has 0 spiro atoms. The van der Waals surface area contributed by atoms with Crippen LogP contribution in [0.15, 0.2) is 16.7 Å². The van der Waals surface area contributed by atoms with E-state index in [1.807, 2.05) is 30.5 Å². The van der Waals surface area contributed by atoms with E-state index >= 15 is 0 Å². The molecule has 2 heterocycles. The van der Waals surface area contributed by atoms with Gasteiger partial charge in [0.25, 0.3) is 0 Å². The molecule has 2 aromatic rings. The summed E-state index contributed by atoms with van der Waals surface area (Å²) in [5, 5.41) is 8.85. The summed E-state index contributed by atoms with van der Waals surface area (Å²) in [7, 11) is 0. The summed E-state index contributed by atoms with van der Waals surface area (Å²) in [6, 6.07) is 1.96. The number of pyridine rings is 1. The Kier molecular flexibility index (Phi) is 2.71. The minimum absolute atomic E-state index is 0.0110. The maximum absolute atomic E-state index is 10.8. The van der Waals surface area contributed by atoms with Crippen LogP contribution in [0.5, 0.6) is 0 Å². The zero-order chi connectivity index (χ0) is 11.9. The Morgan fingerprint density at radius 3 is 2.88 bits per heavy atom. The summed E-state index contributed by atoms with van der Waals surface area (Å²) in [5.74, 6) is -0.845. The Bertz CT molecular complexity index is 575. The second kappa shape index (κ2) is 3.90. The summed E-state index contributed by atoms with van der Waals surface area (Å²) >= 11 is 3.43. The van der Waals surface area contributed by atoms with Crippen LogP contribution in [0.1, 0.15) is 17.0 Å². The van der Waals surface area contributed by atoms with Gasteiger partial charge in [-0.05, 0) is 41.4 Å². The normalized spacial score (nSPS) is 10.9. The van der Waals surface area contributed by atoms with Gasteiger partial charge in [-0.2, -0.15) is 0 Å². The molecule has 0 radical (unpaired) electrons. The highest BCUT2D eigenvalue weighted by Gasteiger charge is 2.13. The van der Waals surface area contributed by atoms with Crippen molar-refractivity contribution in [3.8, 4) is 0 Å². The third-order valence-corrected chi connectivity index (χ3v) is 3.01. The standard InChI is InChI=1S/C11H11BrN2O2/c1-6-3-8(12)11-13-7(2)9(4-10(15)16)14(11)5-6/h3,5H,4H2,1-2H3,(H,15,16). The molecule has 0 saturated heterocycles. The van der Waals surface area contributed by atoms with E-state index in [1.165, 1.54) is 0 Å². The summed E-state index contributed by atoms with van der Waals surface area (Å²) in [6.45, 7) is 3.79. The van der Waals surface area contributed by atoms with Crippen molar-refractivity contribution in [2.45, 2.75) is 20.3 Å². The van der Waals surface area contributed by atoms with Crippen LogP contribution in [0.4, 0.5) is 0 Å². The molecule has 5 heteroatoms. The predicted octanol–water partition coefficient (Wildman–Crippen LogP) is 2.34. The van der Waals surface area contributed by atoms with Crippen LogP contribution < -0.4 is 0 Å². The van der Waals surface area contributed by atoms with Gasteiger partial charge in [-0.3, -0.25) is 4.79 Å². The van der Waals surface area contributed by atoms with Crippen molar-refractivity contribution in [1.82, 2.24) is 9.38 Å². The first kappa shape index (κ1) is 11.1. The minimum atomic E-state index is -0.845. The summed E-state index contributed by atoms with van der Waals surface area (Å²) in [5.41, 5.74) is 3.31. The van der Waals surface area contributed by atoms with Crippen LogP contribution in [0.3, 0.4) is 0 Å². The molecule has 0 unspecified atom stereocenters. The lowest BCUT2D eigenvalue weighted by Gasteiger charge is -2.02. The number of aromatic nitrogens is 2.